The van der Waals surface area contributed by atoms with Gasteiger partial charge in [0, 0.05) is 21.9 Å². The van der Waals surface area contributed by atoms with Gasteiger partial charge in [-0.25, -0.2) is 0 Å². The Balaban J connectivity index is 0.000000826. The van der Waals surface area contributed by atoms with E-state index in [-0.39, 0.29) is 5.41 Å². The fourth-order valence-corrected chi connectivity index (χ4v) is 6.75. The van der Waals surface area contributed by atoms with Crippen molar-refractivity contribution in [2.24, 2.45) is 0 Å². The summed E-state index contributed by atoms with van der Waals surface area (Å²) in [4.78, 5) is 0. The smallest absolute Gasteiger partial charge is 0.0541 e. The van der Waals surface area contributed by atoms with Crippen LogP contribution in [0, 0.1) is 0 Å². The topological polar surface area (TPSA) is 4.93 Å². The van der Waals surface area contributed by atoms with Crippen molar-refractivity contribution in [3.63, 3.8) is 0 Å². The molecule has 0 saturated heterocycles. The number of nitrogens with zero attached hydrogens (tertiary/aromatic N) is 1. The quantitative estimate of drug-likeness (QED) is 0.199. The van der Waals surface area contributed by atoms with Crippen LogP contribution in [0.25, 0.3) is 60.9 Å². The Morgan fingerprint density at radius 3 is 1.43 bits per heavy atom. The molecule has 218 valence electrons. The summed E-state index contributed by atoms with van der Waals surface area (Å²) in [5.74, 6) is 0. The summed E-state index contributed by atoms with van der Waals surface area (Å²) in [6, 6.07) is 51.1. The van der Waals surface area contributed by atoms with Gasteiger partial charge in [0.05, 0.1) is 11.0 Å². The highest BCUT2D eigenvalue weighted by Gasteiger charge is 2.35. The van der Waals surface area contributed by atoms with Crippen molar-refractivity contribution in [2.75, 3.05) is 0 Å². The van der Waals surface area contributed by atoms with E-state index in [9.17, 15) is 0 Å². The zero-order chi connectivity index (χ0) is 30.8. The van der Waals surface area contributed by atoms with Gasteiger partial charge in [0.15, 0.2) is 0 Å². The van der Waals surface area contributed by atoms with E-state index in [0.717, 1.165) is 0 Å². The molecule has 8 rings (SSSR count). The first kappa shape index (κ1) is 29.2. The minimum absolute atomic E-state index is 0.0400. The highest BCUT2D eigenvalue weighted by atomic mass is 15.0. The van der Waals surface area contributed by atoms with Crippen molar-refractivity contribution in [1.29, 1.82) is 0 Å². The normalized spacial score (nSPS) is 12.5. The van der Waals surface area contributed by atoms with Crippen molar-refractivity contribution in [2.45, 2.75) is 47.0 Å². The van der Waals surface area contributed by atoms with E-state index in [4.69, 9.17) is 0 Å². The molecule has 0 radical (unpaired) electrons. The van der Waals surface area contributed by atoms with Crippen LogP contribution in [0.4, 0.5) is 0 Å². The summed E-state index contributed by atoms with van der Waals surface area (Å²) in [6.07, 6.45) is 0. The summed E-state index contributed by atoms with van der Waals surface area (Å²) < 4.78 is 2.45. The van der Waals surface area contributed by atoms with Gasteiger partial charge in [0.2, 0.25) is 0 Å². The lowest BCUT2D eigenvalue weighted by atomic mass is 9.82. The number of benzene rings is 6. The summed E-state index contributed by atoms with van der Waals surface area (Å²) in [6.45, 7) is 12.7. The van der Waals surface area contributed by atoms with E-state index in [1.807, 2.05) is 27.7 Å². The van der Waals surface area contributed by atoms with Crippen LogP contribution in [0.5, 0.6) is 0 Å². The van der Waals surface area contributed by atoms with Crippen molar-refractivity contribution < 1.29 is 0 Å². The Kier molecular flexibility index (Phi) is 7.97. The van der Waals surface area contributed by atoms with Crippen LogP contribution in [0.15, 0.2) is 140 Å². The SMILES string of the molecule is CC.CC.CC1(C)c2ccccc2-c2ccc(-n3c4ccc(-c5ccccc5)cc4c4cc(-c5ccccc5)ccc43)cc21. The standard InChI is InChI=1S/C39H29N.2C2H6/c1-39(2)35-16-10-9-15-31(35)32-20-19-30(25-36(32)39)40-37-21-17-28(26-11-5-3-6-12-26)23-33(37)34-24-29(18-22-38(34)40)27-13-7-4-8-14-27;2*1-2/h3-25H,1-2H3;2*1-2H3. The predicted molar refractivity (Wildman–Crippen MR) is 192 cm³/mol. The molecule has 1 heteroatoms. The number of fused-ring (bicyclic) bond motifs is 6. The van der Waals surface area contributed by atoms with Gasteiger partial charge in [0.25, 0.3) is 0 Å². The number of aromatic nitrogens is 1. The second kappa shape index (κ2) is 12.0. The average Bonchev–Trinajstić information content (AvgIpc) is 3.55. The van der Waals surface area contributed by atoms with Gasteiger partial charge < -0.3 is 4.57 Å². The Bertz CT molecular complexity index is 1960. The van der Waals surface area contributed by atoms with Crippen LogP contribution < -0.4 is 0 Å². The van der Waals surface area contributed by atoms with Gasteiger partial charge in [-0.3, -0.25) is 0 Å². The van der Waals surface area contributed by atoms with E-state index in [0.29, 0.717) is 0 Å². The number of rotatable bonds is 3. The maximum absolute atomic E-state index is 2.45. The molecule has 44 heavy (non-hydrogen) atoms. The first-order chi connectivity index (χ1) is 21.6. The minimum atomic E-state index is -0.0400. The fraction of sp³-hybridized carbons (Fsp3) is 0.163. The zero-order valence-corrected chi connectivity index (χ0v) is 26.7. The highest BCUT2D eigenvalue weighted by molar-refractivity contribution is 6.11. The van der Waals surface area contributed by atoms with Gasteiger partial charge >= 0.3 is 0 Å². The predicted octanol–water partition coefficient (Wildman–Crippen LogP) is 12.5. The molecule has 0 N–H and O–H groups in total. The maximum atomic E-state index is 2.45. The van der Waals surface area contributed by atoms with E-state index in [1.54, 1.807) is 0 Å². The minimum Gasteiger partial charge on any atom is -0.309 e. The average molecular weight is 572 g/mol. The fourth-order valence-electron chi connectivity index (χ4n) is 6.75. The lowest BCUT2D eigenvalue weighted by Crippen LogP contribution is -2.15. The molecule has 7 aromatic rings. The Morgan fingerprint density at radius 2 is 0.886 bits per heavy atom. The summed E-state index contributed by atoms with van der Waals surface area (Å²) in [5.41, 5.74) is 14.1. The van der Waals surface area contributed by atoms with Crippen molar-refractivity contribution in [3.8, 4) is 39.1 Å². The summed E-state index contributed by atoms with van der Waals surface area (Å²) in [7, 11) is 0. The lowest BCUT2D eigenvalue weighted by Gasteiger charge is -2.22. The van der Waals surface area contributed by atoms with Crippen LogP contribution in [-0.4, -0.2) is 4.57 Å². The van der Waals surface area contributed by atoms with Crippen LogP contribution in [0.3, 0.4) is 0 Å². The molecule has 0 saturated carbocycles. The summed E-state index contributed by atoms with van der Waals surface area (Å²) in [5, 5.41) is 2.55. The van der Waals surface area contributed by atoms with Crippen molar-refractivity contribution in [1.82, 2.24) is 4.57 Å². The molecule has 0 unspecified atom stereocenters. The molecule has 1 aliphatic carbocycles. The molecule has 0 bridgehead atoms. The van der Waals surface area contributed by atoms with Crippen molar-refractivity contribution >= 4 is 21.8 Å². The third kappa shape index (κ3) is 4.74. The van der Waals surface area contributed by atoms with E-state index < -0.39 is 0 Å². The van der Waals surface area contributed by atoms with E-state index in [2.05, 4.69) is 158 Å². The van der Waals surface area contributed by atoms with Crippen LogP contribution >= 0.6 is 0 Å². The molecular weight excluding hydrogens is 530 g/mol. The zero-order valence-electron chi connectivity index (χ0n) is 26.7. The Labute approximate surface area is 262 Å². The van der Waals surface area contributed by atoms with E-state index >= 15 is 0 Å². The van der Waals surface area contributed by atoms with Crippen LogP contribution in [-0.2, 0) is 5.41 Å². The third-order valence-corrected chi connectivity index (χ3v) is 8.80. The van der Waals surface area contributed by atoms with Crippen molar-refractivity contribution in [3.05, 3.63) is 151 Å². The molecule has 6 aromatic carbocycles. The van der Waals surface area contributed by atoms with Crippen LogP contribution in [0.1, 0.15) is 52.7 Å². The molecule has 0 spiro atoms. The number of hydrogen-bond acceptors (Lipinski definition) is 0. The van der Waals surface area contributed by atoms with E-state index in [1.165, 1.54) is 72.0 Å². The second-order valence-electron chi connectivity index (χ2n) is 11.4. The largest absolute Gasteiger partial charge is 0.309 e. The third-order valence-electron chi connectivity index (χ3n) is 8.80. The van der Waals surface area contributed by atoms with Gasteiger partial charge in [-0.2, -0.15) is 0 Å². The number of hydrogen-bond donors (Lipinski definition) is 0. The van der Waals surface area contributed by atoms with Gasteiger partial charge in [0.1, 0.15) is 0 Å². The monoisotopic (exact) mass is 571 g/mol. The van der Waals surface area contributed by atoms with Gasteiger partial charge in [-0.15, -0.1) is 0 Å². The second-order valence-corrected chi connectivity index (χ2v) is 11.4. The molecular formula is C43H41N. The molecule has 1 aromatic heterocycles. The highest BCUT2D eigenvalue weighted by Crippen LogP contribution is 2.49. The maximum Gasteiger partial charge on any atom is 0.0541 e. The molecule has 1 aliphatic rings. The first-order valence-electron chi connectivity index (χ1n) is 16.0. The summed E-state index contributed by atoms with van der Waals surface area (Å²) >= 11 is 0. The molecule has 0 amide bonds. The Hall–Kier alpha value is -4.88. The lowest BCUT2D eigenvalue weighted by molar-refractivity contribution is 0.660. The molecule has 0 fully saturated rings. The Morgan fingerprint density at radius 1 is 0.409 bits per heavy atom. The van der Waals surface area contributed by atoms with Gasteiger partial charge in [-0.1, -0.05) is 145 Å². The van der Waals surface area contributed by atoms with Gasteiger partial charge in [-0.05, 0) is 80.9 Å². The molecule has 1 heterocycles. The molecule has 0 aliphatic heterocycles. The first-order valence-corrected chi connectivity index (χ1v) is 16.0. The molecule has 1 nitrogen and oxygen atoms in total. The molecule has 0 atom stereocenters. The van der Waals surface area contributed by atoms with Crippen LogP contribution in [0.2, 0.25) is 0 Å².